The summed E-state index contributed by atoms with van der Waals surface area (Å²) in [4.78, 5) is 11.5. The Labute approximate surface area is 102 Å². The number of carbonyl (C=O) groups excluding carboxylic acids is 1. The van der Waals surface area contributed by atoms with Gasteiger partial charge in [-0.1, -0.05) is 37.6 Å². The molecule has 0 saturated carbocycles. The minimum Gasteiger partial charge on any atom is -0.356 e. The summed E-state index contributed by atoms with van der Waals surface area (Å²) < 4.78 is 0. The molecule has 3 heteroatoms. The average Bonchev–Trinajstić information content (AvgIpc) is 2.25. The van der Waals surface area contributed by atoms with Crippen LogP contribution in [0.1, 0.15) is 25.8 Å². The molecule has 0 spiro atoms. The molecule has 0 bridgehead atoms. The molecule has 1 aromatic rings. The van der Waals surface area contributed by atoms with Crippen molar-refractivity contribution in [2.24, 2.45) is 5.92 Å². The number of halogens is 1. The van der Waals surface area contributed by atoms with Crippen LogP contribution >= 0.6 is 11.6 Å². The van der Waals surface area contributed by atoms with Crippen LogP contribution in [0.2, 0.25) is 5.02 Å². The smallest absolute Gasteiger partial charge is 0.220 e. The van der Waals surface area contributed by atoms with Gasteiger partial charge in [0, 0.05) is 18.0 Å². The number of carbonyl (C=O) groups is 1. The van der Waals surface area contributed by atoms with Gasteiger partial charge in [0.05, 0.1) is 0 Å². The highest BCUT2D eigenvalue weighted by Gasteiger charge is 2.02. The lowest BCUT2D eigenvalue weighted by Gasteiger charge is -2.07. The minimum absolute atomic E-state index is 0.114. The topological polar surface area (TPSA) is 29.1 Å². The molecule has 0 aliphatic rings. The zero-order valence-electron chi connectivity index (χ0n) is 9.79. The van der Waals surface area contributed by atoms with Crippen molar-refractivity contribution in [3.63, 3.8) is 0 Å². The quantitative estimate of drug-likeness (QED) is 0.841. The molecule has 0 unspecified atom stereocenters. The molecule has 0 saturated heterocycles. The molecule has 0 radical (unpaired) electrons. The number of nitrogens with one attached hydrogen (secondary N) is 1. The Morgan fingerprint density at radius 2 is 1.94 bits per heavy atom. The van der Waals surface area contributed by atoms with E-state index in [2.05, 4.69) is 19.2 Å². The van der Waals surface area contributed by atoms with Crippen molar-refractivity contribution >= 4 is 17.5 Å². The molecule has 0 aromatic heterocycles. The fraction of sp³-hybridized carbons (Fsp3) is 0.462. The Kier molecular flexibility index (Phi) is 5.33. The van der Waals surface area contributed by atoms with Crippen molar-refractivity contribution in [2.75, 3.05) is 6.54 Å². The molecule has 1 aromatic carbocycles. The van der Waals surface area contributed by atoms with Gasteiger partial charge in [-0.05, 0) is 30.0 Å². The molecule has 0 atom stereocenters. The van der Waals surface area contributed by atoms with E-state index in [0.29, 0.717) is 12.3 Å². The molecule has 0 fully saturated rings. The largest absolute Gasteiger partial charge is 0.356 e. The van der Waals surface area contributed by atoms with E-state index in [0.717, 1.165) is 23.6 Å². The normalized spacial score (nSPS) is 10.5. The summed E-state index contributed by atoms with van der Waals surface area (Å²) in [7, 11) is 0. The van der Waals surface area contributed by atoms with Crippen LogP contribution in [0, 0.1) is 5.92 Å². The Morgan fingerprint density at radius 1 is 1.31 bits per heavy atom. The predicted molar refractivity (Wildman–Crippen MR) is 67.6 cm³/mol. The Balaban J connectivity index is 2.29. The highest BCUT2D eigenvalue weighted by molar-refractivity contribution is 6.30. The van der Waals surface area contributed by atoms with Gasteiger partial charge in [0.25, 0.3) is 0 Å². The number of rotatable bonds is 5. The number of hydrogen-bond acceptors (Lipinski definition) is 1. The molecule has 1 amide bonds. The maximum Gasteiger partial charge on any atom is 0.220 e. The summed E-state index contributed by atoms with van der Waals surface area (Å²) in [5.41, 5.74) is 1.14. The van der Waals surface area contributed by atoms with E-state index in [9.17, 15) is 4.79 Å². The van der Waals surface area contributed by atoms with E-state index in [-0.39, 0.29) is 5.91 Å². The highest BCUT2D eigenvalue weighted by atomic mass is 35.5. The first-order valence-corrected chi connectivity index (χ1v) is 5.97. The lowest BCUT2D eigenvalue weighted by atomic mass is 10.1. The predicted octanol–water partition coefficient (Wildman–Crippen LogP) is 3.04. The van der Waals surface area contributed by atoms with Gasteiger partial charge >= 0.3 is 0 Å². The monoisotopic (exact) mass is 239 g/mol. The van der Waals surface area contributed by atoms with Gasteiger partial charge in [-0.2, -0.15) is 0 Å². The first-order valence-electron chi connectivity index (χ1n) is 5.59. The minimum atomic E-state index is 0.114. The van der Waals surface area contributed by atoms with Crippen LogP contribution in [0.4, 0.5) is 0 Å². The molecule has 0 aliphatic heterocycles. The van der Waals surface area contributed by atoms with E-state index < -0.39 is 0 Å². The van der Waals surface area contributed by atoms with Crippen molar-refractivity contribution in [1.82, 2.24) is 5.32 Å². The summed E-state index contributed by atoms with van der Waals surface area (Å²) in [6.45, 7) is 4.92. The number of benzene rings is 1. The van der Waals surface area contributed by atoms with Crippen molar-refractivity contribution in [3.05, 3.63) is 34.9 Å². The van der Waals surface area contributed by atoms with Crippen LogP contribution in [-0.2, 0) is 11.2 Å². The summed E-state index contributed by atoms with van der Waals surface area (Å²) in [5, 5.41) is 3.63. The zero-order chi connectivity index (χ0) is 12.0. The zero-order valence-corrected chi connectivity index (χ0v) is 10.6. The lowest BCUT2D eigenvalue weighted by molar-refractivity contribution is -0.121. The van der Waals surface area contributed by atoms with E-state index in [1.165, 1.54) is 0 Å². The van der Waals surface area contributed by atoms with Gasteiger partial charge < -0.3 is 5.32 Å². The lowest BCUT2D eigenvalue weighted by Crippen LogP contribution is -2.27. The third-order valence-electron chi connectivity index (χ3n) is 2.26. The second-order valence-electron chi connectivity index (χ2n) is 4.32. The number of hydrogen-bond donors (Lipinski definition) is 1. The fourth-order valence-corrected chi connectivity index (χ4v) is 1.44. The molecule has 1 N–H and O–H groups in total. The molecule has 1 rings (SSSR count). The summed E-state index contributed by atoms with van der Waals surface area (Å²) in [6.07, 6.45) is 1.30. The van der Waals surface area contributed by atoms with Gasteiger partial charge in [-0.3, -0.25) is 4.79 Å². The third-order valence-corrected chi connectivity index (χ3v) is 2.51. The summed E-state index contributed by atoms with van der Waals surface area (Å²) in [5.74, 6) is 0.614. The summed E-state index contributed by atoms with van der Waals surface area (Å²) >= 11 is 5.78. The molecule has 0 heterocycles. The van der Waals surface area contributed by atoms with Gasteiger partial charge in [-0.15, -0.1) is 0 Å². The third kappa shape index (κ3) is 5.17. The van der Waals surface area contributed by atoms with Crippen molar-refractivity contribution in [3.8, 4) is 0 Å². The number of aryl methyl sites for hydroxylation is 1. The Hall–Kier alpha value is -1.02. The van der Waals surface area contributed by atoms with Crippen LogP contribution in [0.5, 0.6) is 0 Å². The average molecular weight is 240 g/mol. The van der Waals surface area contributed by atoms with Crippen LogP contribution in [-0.4, -0.2) is 12.5 Å². The second kappa shape index (κ2) is 6.54. The SMILES string of the molecule is CC(C)CNC(=O)CCc1ccc(Cl)cc1. The van der Waals surface area contributed by atoms with E-state index in [4.69, 9.17) is 11.6 Å². The van der Waals surface area contributed by atoms with Gasteiger partial charge in [0.1, 0.15) is 0 Å². The van der Waals surface area contributed by atoms with E-state index in [1.54, 1.807) is 0 Å². The molecule has 2 nitrogen and oxygen atoms in total. The van der Waals surface area contributed by atoms with Gasteiger partial charge in [-0.25, -0.2) is 0 Å². The van der Waals surface area contributed by atoms with Crippen LogP contribution in [0.25, 0.3) is 0 Å². The second-order valence-corrected chi connectivity index (χ2v) is 4.76. The van der Waals surface area contributed by atoms with Crippen molar-refractivity contribution < 1.29 is 4.79 Å². The summed E-state index contributed by atoms with van der Waals surface area (Å²) in [6, 6.07) is 7.61. The first kappa shape index (κ1) is 13.0. The Bertz CT molecular complexity index is 332. The number of amides is 1. The van der Waals surface area contributed by atoms with Crippen LogP contribution < -0.4 is 5.32 Å². The van der Waals surface area contributed by atoms with Crippen LogP contribution in [0.3, 0.4) is 0 Å². The molecule has 0 aliphatic carbocycles. The highest BCUT2D eigenvalue weighted by Crippen LogP contribution is 2.10. The van der Waals surface area contributed by atoms with E-state index >= 15 is 0 Å². The molecular weight excluding hydrogens is 222 g/mol. The Morgan fingerprint density at radius 3 is 2.50 bits per heavy atom. The fourth-order valence-electron chi connectivity index (χ4n) is 1.32. The molecule has 88 valence electrons. The maximum absolute atomic E-state index is 11.5. The van der Waals surface area contributed by atoms with E-state index in [1.807, 2.05) is 24.3 Å². The molecular formula is C13H18ClNO. The van der Waals surface area contributed by atoms with Crippen molar-refractivity contribution in [1.29, 1.82) is 0 Å². The van der Waals surface area contributed by atoms with Crippen molar-refractivity contribution in [2.45, 2.75) is 26.7 Å². The van der Waals surface area contributed by atoms with Gasteiger partial charge in [0.15, 0.2) is 0 Å². The van der Waals surface area contributed by atoms with Gasteiger partial charge in [0.2, 0.25) is 5.91 Å². The molecule has 16 heavy (non-hydrogen) atoms. The maximum atomic E-state index is 11.5. The standard InChI is InChI=1S/C13H18ClNO/c1-10(2)9-15-13(16)8-5-11-3-6-12(14)7-4-11/h3-4,6-7,10H,5,8-9H2,1-2H3,(H,15,16). The van der Waals surface area contributed by atoms with Crippen LogP contribution in [0.15, 0.2) is 24.3 Å². The first-order chi connectivity index (χ1) is 7.58.